The number of ether oxygens (including phenoxy) is 1. The molecule has 1 fully saturated rings. The third-order valence-electron chi connectivity index (χ3n) is 3.91. The lowest BCUT2D eigenvalue weighted by Crippen LogP contribution is -2.48. The minimum absolute atomic E-state index is 0.235. The molecule has 1 saturated heterocycles. The summed E-state index contributed by atoms with van der Waals surface area (Å²) in [6.07, 6.45) is 0.903. The minimum Gasteiger partial charge on any atom is -0.387 e. The summed E-state index contributed by atoms with van der Waals surface area (Å²) in [5.74, 6) is 0. The van der Waals surface area contributed by atoms with Crippen molar-refractivity contribution in [3.8, 4) is 0 Å². The van der Waals surface area contributed by atoms with Gasteiger partial charge in [0.1, 0.15) is 0 Å². The van der Waals surface area contributed by atoms with Crippen molar-refractivity contribution >= 4 is 0 Å². The van der Waals surface area contributed by atoms with E-state index in [-0.39, 0.29) is 18.2 Å². The van der Waals surface area contributed by atoms with Crippen LogP contribution in [0.3, 0.4) is 0 Å². The summed E-state index contributed by atoms with van der Waals surface area (Å²) in [7, 11) is 0. The Bertz CT molecular complexity index is 407. The fourth-order valence-corrected chi connectivity index (χ4v) is 3.03. The molecule has 3 nitrogen and oxygen atoms in total. The van der Waals surface area contributed by atoms with Gasteiger partial charge in [-0.15, -0.1) is 0 Å². The molecule has 3 atom stereocenters. The van der Waals surface area contributed by atoms with Crippen molar-refractivity contribution in [3.05, 3.63) is 35.4 Å². The van der Waals surface area contributed by atoms with Crippen LogP contribution < -0.4 is 0 Å². The molecule has 1 aromatic carbocycles. The van der Waals surface area contributed by atoms with Crippen molar-refractivity contribution in [1.82, 2.24) is 4.90 Å². The normalized spacial score (nSPS) is 33.6. The summed E-state index contributed by atoms with van der Waals surface area (Å²) in [6.45, 7) is 4.73. The summed E-state index contributed by atoms with van der Waals surface area (Å²) in [4.78, 5) is 2.37. The number of benzene rings is 1. The van der Waals surface area contributed by atoms with Crippen LogP contribution in [0.5, 0.6) is 0 Å². The van der Waals surface area contributed by atoms with Crippen molar-refractivity contribution in [2.45, 2.75) is 31.6 Å². The van der Waals surface area contributed by atoms with E-state index in [0.29, 0.717) is 0 Å². The maximum atomic E-state index is 10.4. The molecular weight excluding hydrogens is 214 g/mol. The second-order valence-electron chi connectivity index (χ2n) is 5.09. The third-order valence-corrected chi connectivity index (χ3v) is 3.91. The summed E-state index contributed by atoms with van der Waals surface area (Å²) in [5, 5.41) is 10.4. The Morgan fingerprint density at radius 2 is 2.18 bits per heavy atom. The number of rotatable bonds is 1. The van der Waals surface area contributed by atoms with Crippen LogP contribution in [0.15, 0.2) is 24.3 Å². The predicted octanol–water partition coefficient (Wildman–Crippen LogP) is 1.37. The Morgan fingerprint density at radius 3 is 2.94 bits per heavy atom. The molecule has 2 aliphatic rings. The monoisotopic (exact) mass is 233 g/mol. The van der Waals surface area contributed by atoms with Gasteiger partial charge >= 0.3 is 0 Å². The van der Waals surface area contributed by atoms with Crippen LogP contribution in [0.25, 0.3) is 0 Å². The topological polar surface area (TPSA) is 32.7 Å². The number of hydrogen-bond acceptors (Lipinski definition) is 3. The molecule has 1 aliphatic carbocycles. The van der Waals surface area contributed by atoms with Crippen molar-refractivity contribution < 1.29 is 9.84 Å². The average molecular weight is 233 g/mol. The van der Waals surface area contributed by atoms with Crippen LogP contribution in [0.1, 0.15) is 24.2 Å². The highest BCUT2D eigenvalue weighted by Crippen LogP contribution is 2.34. The van der Waals surface area contributed by atoms with Crippen LogP contribution in [-0.2, 0) is 11.2 Å². The van der Waals surface area contributed by atoms with E-state index in [1.54, 1.807) is 0 Å². The molecule has 0 spiro atoms. The summed E-state index contributed by atoms with van der Waals surface area (Å²) in [5.41, 5.74) is 2.40. The molecule has 0 bridgehead atoms. The van der Waals surface area contributed by atoms with Crippen LogP contribution >= 0.6 is 0 Å². The van der Waals surface area contributed by atoms with E-state index in [1.807, 2.05) is 12.1 Å². The molecule has 0 aromatic heterocycles. The quantitative estimate of drug-likeness (QED) is 0.795. The van der Waals surface area contributed by atoms with Gasteiger partial charge in [-0.1, -0.05) is 24.3 Å². The van der Waals surface area contributed by atoms with E-state index in [9.17, 15) is 5.11 Å². The number of nitrogens with zero attached hydrogens (tertiary/aromatic N) is 1. The molecule has 3 rings (SSSR count). The second kappa shape index (κ2) is 4.41. The van der Waals surface area contributed by atoms with Gasteiger partial charge in [-0.2, -0.15) is 0 Å². The molecule has 0 saturated carbocycles. The first-order valence-electron chi connectivity index (χ1n) is 6.37. The predicted molar refractivity (Wildman–Crippen MR) is 65.9 cm³/mol. The van der Waals surface area contributed by atoms with Crippen molar-refractivity contribution in [2.75, 3.05) is 19.7 Å². The molecule has 1 heterocycles. The first-order valence-corrected chi connectivity index (χ1v) is 6.37. The van der Waals surface area contributed by atoms with E-state index >= 15 is 0 Å². The third kappa shape index (κ3) is 1.99. The smallest absolute Gasteiger partial charge is 0.0951 e. The van der Waals surface area contributed by atoms with Crippen molar-refractivity contribution in [1.29, 1.82) is 0 Å². The van der Waals surface area contributed by atoms with Gasteiger partial charge in [0, 0.05) is 19.1 Å². The maximum Gasteiger partial charge on any atom is 0.0951 e. The van der Waals surface area contributed by atoms with Gasteiger partial charge in [0.25, 0.3) is 0 Å². The molecular formula is C14H19NO2. The first kappa shape index (κ1) is 11.2. The summed E-state index contributed by atoms with van der Waals surface area (Å²) < 4.78 is 5.56. The Hall–Kier alpha value is -0.900. The van der Waals surface area contributed by atoms with Crippen molar-refractivity contribution in [2.24, 2.45) is 0 Å². The summed E-state index contributed by atoms with van der Waals surface area (Å²) in [6, 6.07) is 8.47. The second-order valence-corrected chi connectivity index (χ2v) is 5.09. The highest BCUT2D eigenvalue weighted by Gasteiger charge is 2.36. The zero-order valence-corrected chi connectivity index (χ0v) is 10.2. The lowest BCUT2D eigenvalue weighted by atomic mass is 10.1. The Kier molecular flexibility index (Phi) is 2.90. The highest BCUT2D eigenvalue weighted by molar-refractivity contribution is 5.35. The minimum atomic E-state index is -0.337. The molecule has 92 valence electrons. The van der Waals surface area contributed by atoms with Gasteiger partial charge in [-0.05, 0) is 24.5 Å². The number of hydrogen-bond donors (Lipinski definition) is 1. The van der Waals surface area contributed by atoms with Crippen LogP contribution in [0.2, 0.25) is 0 Å². The molecule has 3 unspecified atom stereocenters. The van der Waals surface area contributed by atoms with Gasteiger partial charge in [0.15, 0.2) is 0 Å². The number of aliphatic hydroxyl groups excluding tert-OH is 1. The molecule has 0 radical (unpaired) electrons. The van der Waals surface area contributed by atoms with E-state index in [0.717, 1.165) is 31.7 Å². The standard InChI is InChI=1S/C14H19NO2/c1-10-9-15(6-7-17-10)13-8-11-4-2-3-5-12(11)14(13)16/h2-5,10,13-14,16H,6-9H2,1H3. The molecule has 0 amide bonds. The number of fused-ring (bicyclic) bond motifs is 1. The van der Waals surface area contributed by atoms with Crippen molar-refractivity contribution in [3.63, 3.8) is 0 Å². The molecule has 3 heteroatoms. The van der Waals surface area contributed by atoms with E-state index in [1.165, 1.54) is 5.56 Å². The summed E-state index contributed by atoms with van der Waals surface area (Å²) >= 11 is 0. The van der Waals surface area contributed by atoms with Crippen LogP contribution in [-0.4, -0.2) is 41.8 Å². The Morgan fingerprint density at radius 1 is 1.35 bits per heavy atom. The number of aliphatic hydroxyl groups is 1. The number of morpholine rings is 1. The highest BCUT2D eigenvalue weighted by atomic mass is 16.5. The lowest BCUT2D eigenvalue weighted by molar-refractivity contribution is -0.0542. The zero-order chi connectivity index (χ0) is 11.8. The van der Waals surface area contributed by atoms with E-state index in [2.05, 4.69) is 24.0 Å². The maximum absolute atomic E-state index is 10.4. The fourth-order valence-electron chi connectivity index (χ4n) is 3.03. The van der Waals surface area contributed by atoms with Gasteiger partial charge in [-0.25, -0.2) is 0 Å². The van der Waals surface area contributed by atoms with Gasteiger partial charge in [0.05, 0.1) is 18.8 Å². The Balaban J connectivity index is 1.79. The average Bonchev–Trinajstić information content (AvgIpc) is 2.68. The van der Waals surface area contributed by atoms with Crippen LogP contribution in [0.4, 0.5) is 0 Å². The lowest BCUT2D eigenvalue weighted by Gasteiger charge is -2.36. The van der Waals surface area contributed by atoms with Gasteiger partial charge in [-0.3, -0.25) is 4.90 Å². The van der Waals surface area contributed by atoms with Gasteiger partial charge < -0.3 is 9.84 Å². The fraction of sp³-hybridized carbons (Fsp3) is 0.571. The molecule has 1 aliphatic heterocycles. The Labute approximate surface area is 102 Å². The van der Waals surface area contributed by atoms with E-state index in [4.69, 9.17) is 4.74 Å². The van der Waals surface area contributed by atoms with E-state index < -0.39 is 0 Å². The zero-order valence-electron chi connectivity index (χ0n) is 10.2. The molecule has 1 aromatic rings. The molecule has 1 N–H and O–H groups in total. The first-order chi connectivity index (χ1) is 8.25. The molecule has 17 heavy (non-hydrogen) atoms. The van der Waals surface area contributed by atoms with Crippen LogP contribution in [0, 0.1) is 0 Å². The van der Waals surface area contributed by atoms with Gasteiger partial charge in [0.2, 0.25) is 0 Å². The SMILES string of the molecule is CC1CN(C2Cc3ccccc3C2O)CCO1. The largest absolute Gasteiger partial charge is 0.387 e.